The van der Waals surface area contributed by atoms with Crippen molar-refractivity contribution in [3.63, 3.8) is 0 Å². The van der Waals surface area contributed by atoms with Crippen LogP contribution in [0.2, 0.25) is 0 Å². The molecule has 1 spiro atoms. The van der Waals surface area contributed by atoms with Gasteiger partial charge in [-0.05, 0) is 88.0 Å². The van der Waals surface area contributed by atoms with E-state index in [0.717, 1.165) is 67.5 Å². The van der Waals surface area contributed by atoms with E-state index in [2.05, 4.69) is 225 Å². The Morgan fingerprint density at radius 3 is 1.55 bits per heavy atom. The molecular weight excluding hydrogens is 803 g/mol. The zero-order chi connectivity index (χ0) is 44.0. The van der Waals surface area contributed by atoms with Gasteiger partial charge in [0.05, 0.1) is 27.8 Å². The van der Waals surface area contributed by atoms with Crippen LogP contribution in [0.5, 0.6) is 11.5 Å². The fourth-order valence-electron chi connectivity index (χ4n) is 11.1. The van der Waals surface area contributed by atoms with Gasteiger partial charge in [-0.1, -0.05) is 184 Å². The van der Waals surface area contributed by atoms with Gasteiger partial charge in [-0.25, -0.2) is 9.97 Å². The number of aromatic nitrogens is 3. The topological polar surface area (TPSA) is 39.9 Å². The molecule has 0 bridgehead atoms. The molecule has 0 radical (unpaired) electrons. The summed E-state index contributed by atoms with van der Waals surface area (Å²) in [4.78, 5) is 10.5. The third kappa shape index (κ3) is 5.64. The minimum Gasteiger partial charge on any atom is -0.457 e. The van der Waals surface area contributed by atoms with Crippen LogP contribution >= 0.6 is 0 Å². The van der Waals surface area contributed by atoms with Crippen LogP contribution in [0.1, 0.15) is 47.2 Å². The highest BCUT2D eigenvalue weighted by Gasteiger charge is 2.52. The number of hydrogen-bond donors (Lipinski definition) is 0. The maximum atomic E-state index is 6.65. The van der Waals surface area contributed by atoms with Crippen molar-refractivity contribution in [3.05, 3.63) is 258 Å². The lowest BCUT2D eigenvalue weighted by Crippen LogP contribution is -2.43. The molecule has 0 fully saturated rings. The van der Waals surface area contributed by atoms with Gasteiger partial charge in [0.15, 0.2) is 5.82 Å². The molecule has 0 N–H and O–H groups in total. The second-order valence-electron chi connectivity index (χ2n) is 18.1. The Morgan fingerprint density at radius 2 is 0.864 bits per heavy atom. The van der Waals surface area contributed by atoms with Gasteiger partial charge in [-0.2, -0.15) is 0 Å². The normalized spacial score (nSPS) is 14.0. The van der Waals surface area contributed by atoms with Crippen LogP contribution in [0.25, 0.3) is 72.5 Å². The second-order valence-corrected chi connectivity index (χ2v) is 18.1. The van der Waals surface area contributed by atoms with Gasteiger partial charge in [0.1, 0.15) is 11.5 Å². The van der Waals surface area contributed by atoms with Crippen molar-refractivity contribution in [2.75, 3.05) is 0 Å². The predicted octanol–water partition coefficient (Wildman–Crippen LogP) is 15.4. The Bertz CT molecular complexity index is 3610. The monoisotopic (exact) mass is 845 g/mol. The second kappa shape index (κ2) is 14.6. The van der Waals surface area contributed by atoms with Gasteiger partial charge < -0.3 is 9.30 Å². The first kappa shape index (κ1) is 38.1. The number of para-hydroxylation sites is 4. The summed E-state index contributed by atoms with van der Waals surface area (Å²) in [6.07, 6.45) is 0. The highest BCUT2D eigenvalue weighted by atomic mass is 16.5. The summed E-state index contributed by atoms with van der Waals surface area (Å²) in [6.45, 7) is 4.75. The number of benzene rings is 9. The summed E-state index contributed by atoms with van der Waals surface area (Å²) in [7, 11) is 0. The van der Waals surface area contributed by atoms with Crippen LogP contribution in [-0.4, -0.2) is 14.5 Å². The number of fused-ring (bicyclic) bond motifs is 11. The number of hydrogen-bond acceptors (Lipinski definition) is 3. The van der Waals surface area contributed by atoms with Crippen molar-refractivity contribution in [2.45, 2.75) is 24.7 Å². The molecular formula is C62H43N3O. The van der Waals surface area contributed by atoms with Crippen LogP contribution in [0.4, 0.5) is 0 Å². The van der Waals surface area contributed by atoms with Gasteiger partial charge in [-0.15, -0.1) is 0 Å². The van der Waals surface area contributed by atoms with Crippen LogP contribution in [0, 0.1) is 0 Å². The van der Waals surface area contributed by atoms with E-state index >= 15 is 0 Å². The molecule has 0 saturated carbocycles. The van der Waals surface area contributed by atoms with Crippen LogP contribution in [0.3, 0.4) is 0 Å². The highest BCUT2D eigenvalue weighted by molar-refractivity contribution is 6.09. The summed E-state index contributed by atoms with van der Waals surface area (Å²) in [5.74, 6) is 2.48. The summed E-state index contributed by atoms with van der Waals surface area (Å²) >= 11 is 0. The van der Waals surface area contributed by atoms with E-state index in [1.807, 2.05) is 18.2 Å². The lowest BCUT2D eigenvalue weighted by molar-refractivity contribution is 0.425. The van der Waals surface area contributed by atoms with Crippen molar-refractivity contribution in [1.29, 1.82) is 0 Å². The molecule has 0 saturated heterocycles. The Kier molecular flexibility index (Phi) is 8.44. The fraction of sp³-hybridized carbons (Fsp3) is 0.0645. The summed E-state index contributed by atoms with van der Waals surface area (Å²) < 4.78 is 9.00. The summed E-state index contributed by atoms with van der Waals surface area (Å²) in [5.41, 5.74) is 17.2. The van der Waals surface area contributed by atoms with Crippen LogP contribution in [0.15, 0.2) is 224 Å². The van der Waals surface area contributed by atoms with Gasteiger partial charge in [0.2, 0.25) is 0 Å². The van der Waals surface area contributed by atoms with E-state index in [1.165, 1.54) is 44.1 Å². The quantitative estimate of drug-likeness (QED) is 0.173. The van der Waals surface area contributed by atoms with E-state index in [9.17, 15) is 0 Å². The molecule has 13 rings (SSSR count). The average Bonchev–Trinajstić information content (AvgIpc) is 3.72. The Balaban J connectivity index is 0.938. The Labute approximate surface area is 384 Å². The summed E-state index contributed by atoms with van der Waals surface area (Å²) in [5, 5.41) is 2.49. The third-order valence-electron chi connectivity index (χ3n) is 14.2. The molecule has 11 aromatic rings. The lowest BCUT2D eigenvalue weighted by Gasteiger charge is -2.50. The van der Waals surface area contributed by atoms with E-state index < -0.39 is 5.41 Å². The molecule has 2 aliphatic rings. The van der Waals surface area contributed by atoms with E-state index in [1.54, 1.807) is 0 Å². The van der Waals surface area contributed by atoms with Gasteiger partial charge in [-0.3, -0.25) is 0 Å². The predicted molar refractivity (Wildman–Crippen MR) is 269 cm³/mol. The first-order chi connectivity index (χ1) is 32.5. The minimum atomic E-state index is -0.555. The van der Waals surface area contributed by atoms with E-state index in [0.29, 0.717) is 5.82 Å². The van der Waals surface area contributed by atoms with Gasteiger partial charge >= 0.3 is 0 Å². The fourth-order valence-corrected chi connectivity index (χ4v) is 11.1. The van der Waals surface area contributed by atoms with Crippen LogP contribution in [-0.2, 0) is 10.8 Å². The smallest absolute Gasteiger partial charge is 0.160 e. The molecule has 1 aliphatic carbocycles. The molecule has 9 aromatic carbocycles. The van der Waals surface area contributed by atoms with E-state index in [4.69, 9.17) is 14.7 Å². The molecule has 0 atom stereocenters. The Hall–Kier alpha value is -8.34. The largest absolute Gasteiger partial charge is 0.457 e. The van der Waals surface area contributed by atoms with Crippen LogP contribution < -0.4 is 4.74 Å². The van der Waals surface area contributed by atoms with Crippen molar-refractivity contribution < 1.29 is 4.74 Å². The maximum absolute atomic E-state index is 6.65. The van der Waals surface area contributed by atoms with Crippen molar-refractivity contribution in [3.8, 4) is 62.2 Å². The maximum Gasteiger partial charge on any atom is 0.160 e. The molecule has 4 nitrogen and oxygen atoms in total. The minimum absolute atomic E-state index is 0.282. The van der Waals surface area contributed by atoms with Gasteiger partial charge in [0.25, 0.3) is 0 Å². The molecule has 0 unspecified atom stereocenters. The average molecular weight is 846 g/mol. The molecule has 0 amide bonds. The van der Waals surface area contributed by atoms with Crippen molar-refractivity contribution >= 4 is 21.8 Å². The number of nitrogens with zero attached hydrogens (tertiary/aromatic N) is 3. The molecule has 312 valence electrons. The van der Waals surface area contributed by atoms with Crippen molar-refractivity contribution in [2.24, 2.45) is 0 Å². The molecule has 66 heavy (non-hydrogen) atoms. The number of ether oxygens (including phenoxy) is 1. The zero-order valence-corrected chi connectivity index (χ0v) is 36.6. The van der Waals surface area contributed by atoms with Gasteiger partial charge in [0, 0.05) is 49.7 Å². The zero-order valence-electron chi connectivity index (χ0n) is 36.6. The summed E-state index contributed by atoms with van der Waals surface area (Å²) in [6, 6.07) is 80.6. The van der Waals surface area contributed by atoms with Crippen molar-refractivity contribution in [1.82, 2.24) is 14.5 Å². The van der Waals surface area contributed by atoms with E-state index in [-0.39, 0.29) is 5.41 Å². The first-order valence-corrected chi connectivity index (χ1v) is 22.7. The highest BCUT2D eigenvalue weighted by Crippen LogP contribution is 2.61. The standard InChI is InChI=1S/C62H43N3O/c1-61(2)48-23-8-9-24-49(48)62(51-25-10-14-29-58(51)66-59-30-15-11-26-52(59)62)50-36-33-43(38-53(50)61)42-19-16-20-44(37-42)55-39-54(63-60(64-55)41-17-4-3-5-18-41)40-31-34-45(35-32-40)65-56-27-12-6-21-46(56)47-22-7-13-28-57(47)65/h3-39H,1-2H3. The third-order valence-corrected chi connectivity index (χ3v) is 14.2. The Morgan fingerprint density at radius 1 is 0.364 bits per heavy atom. The molecule has 1 aliphatic heterocycles. The lowest BCUT2D eigenvalue weighted by atomic mass is 9.53. The SMILES string of the molecule is CC1(C)c2ccccc2C2(c3ccccc3Oc3ccccc32)c2ccc(-c3cccc(-c4cc(-c5ccc(-n6c7ccccc7c7ccccc76)cc5)nc(-c5ccccc5)n4)c3)cc21. The molecule has 2 aromatic heterocycles. The number of rotatable bonds is 5. The molecule has 4 heteroatoms. The molecule has 3 heterocycles. The first-order valence-electron chi connectivity index (χ1n) is 22.7.